The molecule has 0 saturated heterocycles. The summed E-state index contributed by atoms with van der Waals surface area (Å²) in [6, 6.07) is 16.2. The van der Waals surface area contributed by atoms with E-state index >= 15 is 0 Å². The molecule has 6 heteroatoms. The first-order valence-corrected chi connectivity index (χ1v) is 9.71. The van der Waals surface area contributed by atoms with E-state index in [0.29, 0.717) is 19.7 Å². The van der Waals surface area contributed by atoms with Crippen LogP contribution in [0.4, 0.5) is 0 Å². The minimum Gasteiger partial charge on any atom is -0.489 e. The van der Waals surface area contributed by atoms with Gasteiger partial charge in [-0.1, -0.05) is 49.1 Å². The number of nitrogens with zero attached hydrogens (tertiary/aromatic N) is 3. The van der Waals surface area contributed by atoms with Crippen molar-refractivity contribution in [3.63, 3.8) is 0 Å². The van der Waals surface area contributed by atoms with E-state index in [1.165, 1.54) is 0 Å². The highest BCUT2D eigenvalue weighted by atomic mass is 16.5. The lowest BCUT2D eigenvalue weighted by Crippen LogP contribution is -2.37. The predicted octanol–water partition coefficient (Wildman–Crippen LogP) is 3.69. The highest BCUT2D eigenvalue weighted by Crippen LogP contribution is 2.19. The summed E-state index contributed by atoms with van der Waals surface area (Å²) in [7, 11) is 0. The first-order chi connectivity index (χ1) is 14.3. The molecule has 0 aliphatic rings. The van der Waals surface area contributed by atoms with Gasteiger partial charge in [-0.2, -0.15) is 0 Å². The number of aromatic nitrogens is 2. The van der Waals surface area contributed by atoms with Gasteiger partial charge in [0, 0.05) is 31.0 Å². The van der Waals surface area contributed by atoms with Crippen LogP contribution in [0.15, 0.2) is 84.9 Å². The normalized spacial score (nSPS) is 11.1. The van der Waals surface area contributed by atoms with Gasteiger partial charge in [0.1, 0.15) is 12.4 Å². The average Bonchev–Trinajstić information content (AvgIpc) is 3.30. The van der Waals surface area contributed by atoms with Crippen LogP contribution in [0.1, 0.15) is 18.1 Å². The summed E-state index contributed by atoms with van der Waals surface area (Å²) in [4.78, 5) is 8.87. The van der Waals surface area contributed by atoms with Crippen molar-refractivity contribution in [2.45, 2.75) is 20.0 Å². The molecule has 0 radical (unpaired) electrons. The van der Waals surface area contributed by atoms with E-state index in [2.05, 4.69) is 41.3 Å². The SMILES string of the molecule is C=CCOc1ccccc1CN=C(NCC)NCc1ccccc1-n1ccnc1. The summed E-state index contributed by atoms with van der Waals surface area (Å²) in [5.74, 6) is 1.59. The number of aliphatic imine (C=N–C) groups is 1. The lowest BCUT2D eigenvalue weighted by molar-refractivity contribution is 0.359. The van der Waals surface area contributed by atoms with E-state index in [0.717, 1.165) is 35.1 Å². The van der Waals surface area contributed by atoms with E-state index in [4.69, 9.17) is 9.73 Å². The lowest BCUT2D eigenvalue weighted by atomic mass is 10.1. The number of rotatable bonds is 9. The summed E-state index contributed by atoms with van der Waals surface area (Å²) in [5, 5.41) is 6.72. The van der Waals surface area contributed by atoms with Crippen molar-refractivity contribution in [2.75, 3.05) is 13.2 Å². The van der Waals surface area contributed by atoms with Crippen LogP contribution in [-0.2, 0) is 13.1 Å². The molecule has 1 aromatic heterocycles. The van der Waals surface area contributed by atoms with Gasteiger partial charge in [0.25, 0.3) is 0 Å². The summed E-state index contributed by atoms with van der Waals surface area (Å²) in [6.07, 6.45) is 7.27. The maximum absolute atomic E-state index is 5.73. The van der Waals surface area contributed by atoms with Crippen LogP contribution in [0.5, 0.6) is 5.75 Å². The summed E-state index contributed by atoms with van der Waals surface area (Å²) in [6.45, 7) is 8.18. The Kier molecular flexibility index (Phi) is 7.46. The maximum atomic E-state index is 5.73. The van der Waals surface area contributed by atoms with Crippen LogP contribution >= 0.6 is 0 Å². The molecular weight excluding hydrogens is 362 g/mol. The second-order valence-corrected chi connectivity index (χ2v) is 6.35. The van der Waals surface area contributed by atoms with Crippen LogP contribution in [0.2, 0.25) is 0 Å². The molecule has 3 aromatic rings. The molecular formula is C23H27N5O. The van der Waals surface area contributed by atoms with Crippen molar-refractivity contribution in [2.24, 2.45) is 4.99 Å². The van der Waals surface area contributed by atoms with Crippen molar-refractivity contribution in [3.05, 3.63) is 91.0 Å². The van der Waals surface area contributed by atoms with Crippen molar-refractivity contribution in [1.82, 2.24) is 20.2 Å². The molecule has 0 bridgehead atoms. The van der Waals surface area contributed by atoms with E-state index < -0.39 is 0 Å². The molecule has 0 spiro atoms. The number of imidazole rings is 1. The molecule has 3 rings (SSSR count). The van der Waals surface area contributed by atoms with Crippen molar-refractivity contribution in [1.29, 1.82) is 0 Å². The fourth-order valence-corrected chi connectivity index (χ4v) is 2.92. The second-order valence-electron chi connectivity index (χ2n) is 6.35. The first-order valence-electron chi connectivity index (χ1n) is 9.71. The Labute approximate surface area is 172 Å². The molecule has 0 unspecified atom stereocenters. The fourth-order valence-electron chi connectivity index (χ4n) is 2.92. The number of benzene rings is 2. The molecule has 0 saturated carbocycles. The Bertz CT molecular complexity index is 934. The van der Waals surface area contributed by atoms with Gasteiger partial charge in [-0.05, 0) is 24.6 Å². The van der Waals surface area contributed by atoms with Crippen molar-refractivity contribution < 1.29 is 4.74 Å². The maximum Gasteiger partial charge on any atom is 0.191 e. The number of ether oxygens (including phenoxy) is 1. The van der Waals surface area contributed by atoms with Gasteiger partial charge in [-0.15, -0.1) is 0 Å². The van der Waals surface area contributed by atoms with Gasteiger partial charge in [0.05, 0.1) is 18.6 Å². The Hall–Kier alpha value is -3.54. The standard InChI is InChI=1S/C23H27N5O/c1-3-15-29-22-12-8-6-10-20(22)17-27-23(25-4-2)26-16-19-9-5-7-11-21(19)28-14-13-24-18-28/h3,5-14,18H,1,4,15-17H2,2H3,(H2,25,26,27). The van der Waals surface area contributed by atoms with Gasteiger partial charge < -0.3 is 19.9 Å². The Morgan fingerprint density at radius 1 is 1.14 bits per heavy atom. The minimum absolute atomic E-state index is 0.476. The smallest absolute Gasteiger partial charge is 0.191 e. The van der Waals surface area contributed by atoms with Gasteiger partial charge in [-0.3, -0.25) is 0 Å². The Balaban J connectivity index is 1.71. The molecule has 29 heavy (non-hydrogen) atoms. The molecule has 1 heterocycles. The third kappa shape index (κ3) is 5.72. The Morgan fingerprint density at radius 2 is 1.93 bits per heavy atom. The topological polar surface area (TPSA) is 63.5 Å². The molecule has 0 fully saturated rings. The minimum atomic E-state index is 0.476. The zero-order chi connectivity index (χ0) is 20.3. The van der Waals surface area contributed by atoms with E-state index in [-0.39, 0.29) is 0 Å². The number of hydrogen-bond donors (Lipinski definition) is 2. The third-order valence-electron chi connectivity index (χ3n) is 4.30. The van der Waals surface area contributed by atoms with Gasteiger partial charge >= 0.3 is 0 Å². The molecule has 2 N–H and O–H groups in total. The van der Waals surface area contributed by atoms with Crippen LogP contribution < -0.4 is 15.4 Å². The zero-order valence-electron chi connectivity index (χ0n) is 16.7. The molecule has 0 aliphatic carbocycles. The largest absolute Gasteiger partial charge is 0.489 e. The van der Waals surface area contributed by atoms with E-state index in [1.807, 2.05) is 47.2 Å². The van der Waals surface area contributed by atoms with Crippen molar-refractivity contribution in [3.8, 4) is 11.4 Å². The quantitative estimate of drug-likeness (QED) is 0.333. The molecule has 0 amide bonds. The highest BCUT2D eigenvalue weighted by molar-refractivity contribution is 5.79. The van der Waals surface area contributed by atoms with Gasteiger partial charge in [0.15, 0.2) is 5.96 Å². The first kappa shape index (κ1) is 20.2. The van der Waals surface area contributed by atoms with Crippen LogP contribution in [0.25, 0.3) is 5.69 Å². The summed E-state index contributed by atoms with van der Waals surface area (Å²) >= 11 is 0. The third-order valence-corrected chi connectivity index (χ3v) is 4.30. The second kappa shape index (κ2) is 10.7. The van der Waals surface area contributed by atoms with Crippen LogP contribution in [0, 0.1) is 0 Å². The van der Waals surface area contributed by atoms with Crippen LogP contribution in [0.3, 0.4) is 0 Å². The molecule has 0 atom stereocenters. The zero-order valence-corrected chi connectivity index (χ0v) is 16.7. The van der Waals surface area contributed by atoms with Crippen LogP contribution in [-0.4, -0.2) is 28.7 Å². The Morgan fingerprint density at radius 3 is 2.69 bits per heavy atom. The fraction of sp³-hybridized carbons (Fsp3) is 0.217. The van der Waals surface area contributed by atoms with Gasteiger partial charge in [0.2, 0.25) is 0 Å². The number of guanidine groups is 1. The molecule has 150 valence electrons. The highest BCUT2D eigenvalue weighted by Gasteiger charge is 2.06. The number of hydrogen-bond acceptors (Lipinski definition) is 3. The lowest BCUT2D eigenvalue weighted by Gasteiger charge is -2.15. The number of nitrogens with one attached hydrogen (secondary N) is 2. The number of para-hydroxylation sites is 2. The van der Waals surface area contributed by atoms with E-state index in [9.17, 15) is 0 Å². The van der Waals surface area contributed by atoms with Gasteiger partial charge in [-0.25, -0.2) is 9.98 Å². The summed E-state index contributed by atoms with van der Waals surface area (Å²) in [5.41, 5.74) is 3.28. The summed E-state index contributed by atoms with van der Waals surface area (Å²) < 4.78 is 7.74. The molecule has 0 aliphatic heterocycles. The molecule has 6 nitrogen and oxygen atoms in total. The molecule has 2 aromatic carbocycles. The van der Waals surface area contributed by atoms with Crippen molar-refractivity contribution >= 4 is 5.96 Å². The monoisotopic (exact) mass is 389 g/mol. The predicted molar refractivity (Wildman–Crippen MR) is 117 cm³/mol. The van der Waals surface area contributed by atoms with E-state index in [1.54, 1.807) is 18.6 Å². The average molecular weight is 390 g/mol.